The molecule has 1 unspecified atom stereocenters. The molecule has 0 bridgehead atoms. The summed E-state index contributed by atoms with van der Waals surface area (Å²) in [7, 11) is 0. The minimum absolute atomic E-state index is 0.135. The molecule has 3 aromatic rings. The fourth-order valence-electron chi connectivity index (χ4n) is 3.38. The minimum atomic E-state index is 0.135. The van der Waals surface area contributed by atoms with E-state index in [0.717, 1.165) is 11.6 Å². The Balaban J connectivity index is 1.90. The molecule has 1 N–H and O–H groups in total. The summed E-state index contributed by atoms with van der Waals surface area (Å²) in [5.74, 6) is 0. The molecular formula is C23H26ClN. The number of benzene rings is 3. The Morgan fingerprint density at radius 1 is 0.920 bits per heavy atom. The minimum Gasteiger partial charge on any atom is -0.306 e. The van der Waals surface area contributed by atoms with Crippen LogP contribution in [0.25, 0.3) is 10.8 Å². The van der Waals surface area contributed by atoms with Crippen LogP contribution in [-0.2, 0) is 12.0 Å². The van der Waals surface area contributed by atoms with Crippen molar-refractivity contribution in [3.63, 3.8) is 0 Å². The van der Waals surface area contributed by atoms with Crippen molar-refractivity contribution in [2.45, 2.75) is 45.7 Å². The summed E-state index contributed by atoms with van der Waals surface area (Å²) in [6, 6.07) is 21.6. The van der Waals surface area contributed by atoms with Crippen LogP contribution in [0.4, 0.5) is 0 Å². The molecule has 0 aromatic heterocycles. The van der Waals surface area contributed by atoms with Gasteiger partial charge in [-0.25, -0.2) is 0 Å². The average molecular weight is 352 g/mol. The van der Waals surface area contributed by atoms with Crippen LogP contribution in [0.2, 0.25) is 5.02 Å². The zero-order valence-electron chi connectivity index (χ0n) is 15.4. The van der Waals surface area contributed by atoms with E-state index in [9.17, 15) is 0 Å². The van der Waals surface area contributed by atoms with E-state index in [2.05, 4.69) is 75.5 Å². The molecule has 1 nitrogen and oxygen atoms in total. The third-order valence-corrected chi connectivity index (χ3v) is 4.97. The lowest BCUT2D eigenvalue weighted by molar-refractivity contribution is 0.575. The lowest BCUT2D eigenvalue weighted by atomic mass is 9.82. The number of hydrogen-bond donors (Lipinski definition) is 1. The maximum Gasteiger partial charge on any atom is 0.0409 e. The molecule has 3 aromatic carbocycles. The standard InChI is InChI=1S/C23H26ClN/c1-16(25-15-17-8-7-9-18(24)14-17)19-12-13-22(23(2,3)4)21-11-6-5-10-20(19)21/h5-14,16,25H,15H2,1-4H3. The molecule has 0 heterocycles. The Kier molecular flexibility index (Phi) is 5.17. The molecule has 0 aliphatic heterocycles. The van der Waals surface area contributed by atoms with Gasteiger partial charge in [-0.05, 0) is 51.9 Å². The molecule has 0 aliphatic rings. The first kappa shape index (κ1) is 18.0. The van der Waals surface area contributed by atoms with Crippen molar-refractivity contribution in [1.29, 1.82) is 0 Å². The first-order valence-corrected chi connectivity index (χ1v) is 9.24. The third kappa shape index (κ3) is 4.05. The number of halogens is 1. The molecule has 0 aliphatic carbocycles. The lowest BCUT2D eigenvalue weighted by Gasteiger charge is -2.24. The second kappa shape index (κ2) is 7.19. The number of nitrogens with one attached hydrogen (secondary N) is 1. The fourth-order valence-corrected chi connectivity index (χ4v) is 3.59. The van der Waals surface area contributed by atoms with Gasteiger partial charge in [-0.2, -0.15) is 0 Å². The maximum absolute atomic E-state index is 6.09. The van der Waals surface area contributed by atoms with Gasteiger partial charge in [-0.1, -0.05) is 80.9 Å². The Morgan fingerprint density at radius 2 is 1.64 bits per heavy atom. The summed E-state index contributed by atoms with van der Waals surface area (Å²) in [6.45, 7) is 9.85. The van der Waals surface area contributed by atoms with E-state index < -0.39 is 0 Å². The van der Waals surface area contributed by atoms with E-state index in [-0.39, 0.29) is 11.5 Å². The molecule has 130 valence electrons. The van der Waals surface area contributed by atoms with E-state index in [1.807, 2.05) is 18.2 Å². The quantitative estimate of drug-likeness (QED) is 0.555. The fraction of sp³-hybridized carbons (Fsp3) is 0.304. The molecule has 3 rings (SSSR count). The van der Waals surface area contributed by atoms with Gasteiger partial charge < -0.3 is 5.32 Å². The molecule has 0 fully saturated rings. The highest BCUT2D eigenvalue weighted by atomic mass is 35.5. The zero-order chi connectivity index (χ0) is 18.0. The highest BCUT2D eigenvalue weighted by molar-refractivity contribution is 6.30. The first-order chi connectivity index (χ1) is 11.9. The monoisotopic (exact) mass is 351 g/mol. The summed E-state index contributed by atoms with van der Waals surface area (Å²) >= 11 is 6.09. The van der Waals surface area contributed by atoms with Gasteiger partial charge in [-0.3, -0.25) is 0 Å². The summed E-state index contributed by atoms with van der Waals surface area (Å²) in [4.78, 5) is 0. The van der Waals surface area contributed by atoms with E-state index >= 15 is 0 Å². The predicted molar refractivity (Wildman–Crippen MR) is 109 cm³/mol. The second-order valence-corrected chi connectivity index (χ2v) is 8.17. The van der Waals surface area contributed by atoms with Gasteiger partial charge in [0.05, 0.1) is 0 Å². The van der Waals surface area contributed by atoms with E-state index in [4.69, 9.17) is 11.6 Å². The second-order valence-electron chi connectivity index (χ2n) is 7.73. The van der Waals surface area contributed by atoms with Gasteiger partial charge in [0.25, 0.3) is 0 Å². The molecule has 0 radical (unpaired) electrons. The number of hydrogen-bond acceptors (Lipinski definition) is 1. The van der Waals surface area contributed by atoms with E-state index in [1.54, 1.807) is 0 Å². The van der Waals surface area contributed by atoms with Crippen molar-refractivity contribution in [3.05, 3.63) is 82.4 Å². The van der Waals surface area contributed by atoms with Crippen LogP contribution in [0.3, 0.4) is 0 Å². The van der Waals surface area contributed by atoms with Crippen LogP contribution in [0.15, 0.2) is 60.7 Å². The van der Waals surface area contributed by atoms with E-state index in [0.29, 0.717) is 0 Å². The van der Waals surface area contributed by atoms with Crippen LogP contribution in [0, 0.1) is 0 Å². The Bertz CT molecular complexity index is 877. The lowest BCUT2D eigenvalue weighted by Crippen LogP contribution is -2.19. The molecule has 0 saturated carbocycles. The van der Waals surface area contributed by atoms with Crippen LogP contribution in [0.5, 0.6) is 0 Å². The SMILES string of the molecule is CC(NCc1cccc(Cl)c1)c1ccc(C(C)(C)C)c2ccccc12. The Labute approximate surface area is 156 Å². The van der Waals surface area contributed by atoms with Crippen molar-refractivity contribution >= 4 is 22.4 Å². The van der Waals surface area contributed by atoms with Crippen LogP contribution < -0.4 is 5.32 Å². The molecule has 25 heavy (non-hydrogen) atoms. The highest BCUT2D eigenvalue weighted by Crippen LogP contribution is 2.33. The van der Waals surface area contributed by atoms with Crippen molar-refractivity contribution in [2.24, 2.45) is 0 Å². The maximum atomic E-state index is 6.09. The van der Waals surface area contributed by atoms with Crippen LogP contribution in [-0.4, -0.2) is 0 Å². The van der Waals surface area contributed by atoms with Crippen LogP contribution in [0.1, 0.15) is 50.4 Å². The summed E-state index contributed by atoms with van der Waals surface area (Å²) < 4.78 is 0. The van der Waals surface area contributed by atoms with Gasteiger partial charge in [0.1, 0.15) is 0 Å². The van der Waals surface area contributed by atoms with Crippen molar-refractivity contribution in [3.8, 4) is 0 Å². The number of rotatable bonds is 4. The smallest absolute Gasteiger partial charge is 0.0409 e. The van der Waals surface area contributed by atoms with Gasteiger partial charge in [0, 0.05) is 17.6 Å². The highest BCUT2D eigenvalue weighted by Gasteiger charge is 2.19. The Morgan fingerprint density at radius 3 is 2.32 bits per heavy atom. The topological polar surface area (TPSA) is 12.0 Å². The van der Waals surface area contributed by atoms with Crippen molar-refractivity contribution in [2.75, 3.05) is 0 Å². The zero-order valence-corrected chi connectivity index (χ0v) is 16.2. The van der Waals surface area contributed by atoms with Crippen molar-refractivity contribution < 1.29 is 0 Å². The van der Waals surface area contributed by atoms with Crippen LogP contribution >= 0.6 is 11.6 Å². The molecular weight excluding hydrogens is 326 g/mol. The third-order valence-electron chi connectivity index (χ3n) is 4.73. The number of fused-ring (bicyclic) bond motifs is 1. The van der Waals surface area contributed by atoms with E-state index in [1.165, 1.54) is 27.5 Å². The average Bonchev–Trinajstić information content (AvgIpc) is 2.58. The van der Waals surface area contributed by atoms with Gasteiger partial charge in [-0.15, -0.1) is 0 Å². The summed E-state index contributed by atoms with van der Waals surface area (Å²) in [5.41, 5.74) is 4.07. The normalized spacial score (nSPS) is 13.2. The van der Waals surface area contributed by atoms with Gasteiger partial charge >= 0.3 is 0 Å². The molecule has 0 spiro atoms. The predicted octanol–water partition coefficient (Wildman–Crippen LogP) is 6.64. The summed E-state index contributed by atoms with van der Waals surface area (Å²) in [5, 5.41) is 7.10. The molecule has 0 amide bonds. The molecule has 2 heteroatoms. The molecule has 0 saturated heterocycles. The van der Waals surface area contributed by atoms with Gasteiger partial charge in [0.15, 0.2) is 0 Å². The largest absolute Gasteiger partial charge is 0.306 e. The first-order valence-electron chi connectivity index (χ1n) is 8.86. The Hall–Kier alpha value is -1.83. The summed E-state index contributed by atoms with van der Waals surface area (Å²) in [6.07, 6.45) is 0. The van der Waals surface area contributed by atoms with Crippen molar-refractivity contribution in [1.82, 2.24) is 5.32 Å². The molecule has 1 atom stereocenters. The van der Waals surface area contributed by atoms with Gasteiger partial charge in [0.2, 0.25) is 0 Å².